The number of ketones is 1. The summed E-state index contributed by atoms with van der Waals surface area (Å²) in [6.45, 7) is 3.43. The number of carbonyl (C=O) groups excluding carboxylic acids is 2. The summed E-state index contributed by atoms with van der Waals surface area (Å²) in [6, 6.07) is 9.10. The van der Waals surface area contributed by atoms with Crippen molar-refractivity contribution < 1.29 is 9.59 Å². The average molecular weight is 464 g/mol. The molecule has 5 rings (SSSR count). The molecule has 9 heteroatoms. The van der Waals surface area contributed by atoms with Gasteiger partial charge >= 0.3 is 0 Å². The third kappa shape index (κ3) is 4.11. The Bertz CT molecular complexity index is 1350. The van der Waals surface area contributed by atoms with Crippen molar-refractivity contribution >= 4 is 60.9 Å². The minimum Gasteiger partial charge on any atom is -0.325 e. The first kappa shape index (κ1) is 21.0. The zero-order valence-corrected chi connectivity index (χ0v) is 19.3. The van der Waals surface area contributed by atoms with E-state index < -0.39 is 0 Å². The second-order valence-electron chi connectivity index (χ2n) is 7.86. The number of likely N-dealkylation sites (N-methyl/N-ethyl adjacent to an activating group) is 1. The van der Waals surface area contributed by atoms with Gasteiger partial charge in [0.25, 0.3) is 0 Å². The number of aromatic nitrogens is 3. The molecular weight excluding hydrogens is 442 g/mol. The highest BCUT2D eigenvalue weighted by atomic mass is 32.2. The van der Waals surface area contributed by atoms with Crippen molar-refractivity contribution in [2.75, 3.05) is 24.7 Å². The van der Waals surface area contributed by atoms with Gasteiger partial charge in [-0.2, -0.15) is 0 Å². The van der Waals surface area contributed by atoms with Crippen LogP contribution in [0.5, 0.6) is 0 Å². The van der Waals surface area contributed by atoms with Crippen LogP contribution >= 0.6 is 23.1 Å². The lowest BCUT2D eigenvalue weighted by Crippen LogP contribution is -2.27. The van der Waals surface area contributed by atoms with Crippen LogP contribution in [-0.4, -0.2) is 50.9 Å². The number of Topliss-reactive ketones (excluding diaryl/α,β-unsaturated/α-hetero) is 1. The zero-order valence-electron chi connectivity index (χ0n) is 17.7. The van der Waals surface area contributed by atoms with Gasteiger partial charge in [0.05, 0.1) is 16.0 Å². The molecule has 7 nitrogen and oxygen atoms in total. The number of thiophene rings is 1. The fraction of sp³-hybridized carbons (Fsp3) is 0.261. The molecule has 0 saturated heterocycles. The Morgan fingerprint density at radius 3 is 2.81 bits per heavy atom. The highest BCUT2D eigenvalue weighted by Gasteiger charge is 2.19. The first-order valence-corrected chi connectivity index (χ1v) is 12.1. The summed E-state index contributed by atoms with van der Waals surface area (Å²) in [6.07, 6.45) is 2.51. The zero-order chi connectivity index (χ0) is 22.2. The van der Waals surface area contributed by atoms with E-state index in [0.29, 0.717) is 11.3 Å². The first-order valence-electron chi connectivity index (χ1n) is 10.3. The Labute approximate surface area is 193 Å². The topological polar surface area (TPSA) is 88.1 Å². The molecule has 0 aliphatic carbocycles. The van der Waals surface area contributed by atoms with Gasteiger partial charge in [-0.05, 0) is 49.9 Å². The molecule has 162 valence electrons. The summed E-state index contributed by atoms with van der Waals surface area (Å²) < 4.78 is 0.967. The summed E-state index contributed by atoms with van der Waals surface area (Å²) in [5, 5.41) is 4.71. The molecular formula is C23H21N5O2S2. The van der Waals surface area contributed by atoms with Crippen molar-refractivity contribution in [1.29, 1.82) is 0 Å². The lowest BCUT2D eigenvalue weighted by atomic mass is 10.1. The monoisotopic (exact) mass is 463 g/mol. The molecule has 0 spiro atoms. The van der Waals surface area contributed by atoms with Gasteiger partial charge in [0.15, 0.2) is 5.78 Å². The standard InChI is InChI=1S/C23H21N5O2S2/c1-13(29)14-3-5-16(6-4-14)26-19(30)11-31-23-21-20(24-12-25-23)17-9-15-10-28(2)8-7-18(15)27-22(17)32-21/h3-6,9,12H,7-8,10-11H2,1-2H3,(H,26,30). The summed E-state index contributed by atoms with van der Waals surface area (Å²) in [5.41, 5.74) is 4.60. The van der Waals surface area contributed by atoms with Gasteiger partial charge in [-0.1, -0.05) is 11.8 Å². The van der Waals surface area contributed by atoms with Crippen LogP contribution < -0.4 is 5.32 Å². The van der Waals surface area contributed by atoms with E-state index in [1.54, 1.807) is 41.9 Å². The molecule has 4 heterocycles. The Morgan fingerprint density at radius 2 is 2.03 bits per heavy atom. The third-order valence-corrected chi connectivity index (χ3v) is 7.68. The van der Waals surface area contributed by atoms with Crippen molar-refractivity contribution in [2.24, 2.45) is 0 Å². The van der Waals surface area contributed by atoms with E-state index in [4.69, 9.17) is 4.98 Å². The smallest absolute Gasteiger partial charge is 0.234 e. The number of benzene rings is 1. The quantitative estimate of drug-likeness (QED) is 0.270. The maximum Gasteiger partial charge on any atom is 0.234 e. The van der Waals surface area contributed by atoms with Gasteiger partial charge in [-0.15, -0.1) is 11.3 Å². The predicted octanol–water partition coefficient (Wildman–Crippen LogP) is 4.16. The Morgan fingerprint density at radius 1 is 1.22 bits per heavy atom. The average Bonchev–Trinajstić information content (AvgIpc) is 3.14. The number of anilines is 1. The van der Waals surface area contributed by atoms with Crippen LogP contribution in [0.3, 0.4) is 0 Å². The SMILES string of the molecule is CC(=O)c1ccc(NC(=O)CSc2ncnc3c2sc2nc4c(cc23)CN(C)CC4)cc1. The molecule has 0 fully saturated rings. The van der Waals surface area contributed by atoms with E-state index >= 15 is 0 Å². The maximum absolute atomic E-state index is 12.5. The molecule has 0 atom stereocenters. The largest absolute Gasteiger partial charge is 0.325 e. The summed E-state index contributed by atoms with van der Waals surface area (Å²) >= 11 is 2.98. The molecule has 1 amide bonds. The summed E-state index contributed by atoms with van der Waals surface area (Å²) in [4.78, 5) is 41.0. The van der Waals surface area contributed by atoms with E-state index in [2.05, 4.69) is 33.3 Å². The van der Waals surface area contributed by atoms with Crippen LogP contribution in [0, 0.1) is 0 Å². The highest BCUT2D eigenvalue weighted by Crippen LogP contribution is 2.37. The lowest BCUT2D eigenvalue weighted by Gasteiger charge is -2.23. The van der Waals surface area contributed by atoms with Crippen LogP contribution in [0.2, 0.25) is 0 Å². The Balaban J connectivity index is 1.35. The molecule has 0 unspecified atom stereocenters. The van der Waals surface area contributed by atoms with Crippen LogP contribution in [0.15, 0.2) is 41.7 Å². The molecule has 1 aliphatic rings. The van der Waals surface area contributed by atoms with E-state index in [1.165, 1.54) is 29.9 Å². The number of nitrogens with one attached hydrogen (secondary N) is 1. The molecule has 1 aromatic carbocycles. The number of nitrogens with zero attached hydrogens (tertiary/aromatic N) is 4. The van der Waals surface area contributed by atoms with Crippen molar-refractivity contribution in [3.8, 4) is 0 Å². The van der Waals surface area contributed by atoms with Gasteiger partial charge in [0.2, 0.25) is 5.91 Å². The first-order chi connectivity index (χ1) is 15.5. The van der Waals surface area contributed by atoms with Gasteiger partial charge in [0, 0.05) is 41.8 Å². The molecule has 0 bridgehead atoms. The van der Waals surface area contributed by atoms with E-state index in [-0.39, 0.29) is 17.4 Å². The minimum atomic E-state index is -0.130. The Kier molecular flexibility index (Phi) is 5.62. The molecule has 0 radical (unpaired) electrons. The number of carbonyl (C=O) groups is 2. The van der Waals surface area contributed by atoms with Crippen molar-refractivity contribution in [2.45, 2.75) is 24.9 Å². The molecule has 1 aliphatic heterocycles. The molecule has 1 N–H and O–H groups in total. The van der Waals surface area contributed by atoms with Crippen LogP contribution in [0.4, 0.5) is 5.69 Å². The number of fused-ring (bicyclic) bond motifs is 4. The van der Waals surface area contributed by atoms with Crippen molar-refractivity contribution in [1.82, 2.24) is 19.9 Å². The van der Waals surface area contributed by atoms with Gasteiger partial charge in [0.1, 0.15) is 16.2 Å². The number of rotatable bonds is 5. The predicted molar refractivity (Wildman–Crippen MR) is 129 cm³/mol. The number of amides is 1. The second-order valence-corrected chi connectivity index (χ2v) is 9.83. The van der Waals surface area contributed by atoms with Crippen LogP contribution in [-0.2, 0) is 17.8 Å². The minimum absolute atomic E-state index is 0.00286. The third-order valence-electron chi connectivity index (χ3n) is 5.47. The van der Waals surface area contributed by atoms with Gasteiger partial charge < -0.3 is 10.2 Å². The van der Waals surface area contributed by atoms with E-state index in [1.807, 2.05) is 0 Å². The van der Waals surface area contributed by atoms with Gasteiger partial charge in [-0.25, -0.2) is 15.0 Å². The molecule has 0 saturated carbocycles. The van der Waals surface area contributed by atoms with E-state index in [9.17, 15) is 9.59 Å². The summed E-state index contributed by atoms with van der Waals surface area (Å²) in [5.74, 6) is 0.0933. The number of hydrogen-bond donors (Lipinski definition) is 1. The van der Waals surface area contributed by atoms with Crippen LogP contribution in [0.1, 0.15) is 28.5 Å². The normalized spacial score (nSPS) is 13.9. The van der Waals surface area contributed by atoms with Crippen molar-refractivity contribution in [3.05, 3.63) is 53.5 Å². The maximum atomic E-state index is 12.5. The van der Waals surface area contributed by atoms with Crippen molar-refractivity contribution in [3.63, 3.8) is 0 Å². The fourth-order valence-electron chi connectivity index (χ4n) is 3.80. The number of hydrogen-bond acceptors (Lipinski definition) is 8. The fourth-order valence-corrected chi connectivity index (χ4v) is 5.81. The Hall–Kier alpha value is -2.88. The number of pyridine rings is 1. The summed E-state index contributed by atoms with van der Waals surface area (Å²) in [7, 11) is 2.12. The second kappa shape index (κ2) is 8.57. The van der Waals surface area contributed by atoms with E-state index in [0.717, 1.165) is 45.0 Å². The molecule has 32 heavy (non-hydrogen) atoms. The highest BCUT2D eigenvalue weighted by molar-refractivity contribution is 8.00. The number of thioether (sulfide) groups is 1. The van der Waals surface area contributed by atoms with Crippen LogP contribution in [0.25, 0.3) is 20.4 Å². The van der Waals surface area contributed by atoms with Gasteiger partial charge in [-0.3, -0.25) is 9.59 Å². The molecule has 3 aromatic heterocycles. The lowest BCUT2D eigenvalue weighted by molar-refractivity contribution is -0.113. The molecule has 4 aromatic rings.